The van der Waals surface area contributed by atoms with E-state index in [1.165, 1.54) is 24.0 Å². The van der Waals surface area contributed by atoms with Crippen molar-refractivity contribution in [3.05, 3.63) is 120 Å². The Balaban J connectivity index is 0.893. The number of aromatic nitrogens is 4. The largest absolute Gasteiger partial charge is 0.453 e. The molecule has 0 saturated carbocycles. The van der Waals surface area contributed by atoms with Gasteiger partial charge >= 0.3 is 6.09 Å². The smallest absolute Gasteiger partial charge is 0.407 e. The lowest BCUT2D eigenvalue weighted by molar-refractivity contribution is -0.188. The number of H-pyrrole nitrogens is 2. The van der Waals surface area contributed by atoms with Crippen LogP contribution in [0.4, 0.5) is 16.2 Å². The number of amides is 5. The number of alkyl carbamates (subject to hydrolysis) is 1. The van der Waals surface area contributed by atoms with Crippen molar-refractivity contribution in [3.63, 3.8) is 0 Å². The first-order valence-corrected chi connectivity index (χ1v) is 21.1. The first-order chi connectivity index (χ1) is 31.2. The molecular formula is C46H46N10O8. The third-order valence-corrected chi connectivity index (χ3v) is 12.0. The van der Waals surface area contributed by atoms with Crippen LogP contribution in [0.5, 0.6) is 0 Å². The van der Waals surface area contributed by atoms with Gasteiger partial charge in [0.25, 0.3) is 11.8 Å². The molecule has 0 unspecified atom stereocenters. The second-order valence-corrected chi connectivity index (χ2v) is 15.8. The Kier molecular flexibility index (Phi) is 11.7. The third-order valence-electron chi connectivity index (χ3n) is 12.0. The van der Waals surface area contributed by atoms with E-state index in [2.05, 4.69) is 25.2 Å². The fourth-order valence-corrected chi connectivity index (χ4v) is 8.89. The molecule has 9 rings (SSSR count). The molecule has 18 heteroatoms. The van der Waals surface area contributed by atoms with E-state index in [0.717, 1.165) is 19.2 Å². The van der Waals surface area contributed by atoms with Gasteiger partial charge in [-0.2, -0.15) is 4.89 Å². The molecule has 328 valence electrons. The van der Waals surface area contributed by atoms with Crippen molar-refractivity contribution in [1.82, 2.24) is 35.1 Å². The zero-order chi connectivity index (χ0) is 44.3. The molecule has 5 amide bonds. The summed E-state index contributed by atoms with van der Waals surface area (Å²) in [6.07, 6.45) is 3.29. The van der Waals surface area contributed by atoms with Gasteiger partial charge in [-0.1, -0.05) is 60.7 Å². The van der Waals surface area contributed by atoms with E-state index in [9.17, 15) is 24.0 Å². The summed E-state index contributed by atoms with van der Waals surface area (Å²) in [4.78, 5) is 105. The van der Waals surface area contributed by atoms with Crippen LogP contribution in [0.15, 0.2) is 102 Å². The minimum absolute atomic E-state index is 0.183. The number of imidazole rings is 2. The number of carbonyl (C=O) groups excluding carboxylic acids is 5. The van der Waals surface area contributed by atoms with Gasteiger partial charge in [-0.3, -0.25) is 19.2 Å². The second kappa shape index (κ2) is 18.0. The number of likely N-dealkylation sites (tertiary alicyclic amines) is 2. The number of aromatic amines is 2. The molecule has 3 aliphatic rings. The van der Waals surface area contributed by atoms with Gasteiger partial charge in [0, 0.05) is 24.5 Å². The molecular weight excluding hydrogens is 821 g/mol. The number of nitrogens with zero attached hydrogens (tertiary/aromatic N) is 7. The first-order valence-electron chi connectivity index (χ1n) is 21.1. The van der Waals surface area contributed by atoms with Crippen molar-refractivity contribution < 1.29 is 38.5 Å². The molecule has 64 heavy (non-hydrogen) atoms. The molecule has 3 fully saturated rings. The molecule has 6 aromatic rings. The molecule has 4 atom stereocenters. The minimum Gasteiger partial charge on any atom is -0.453 e. The zero-order valence-corrected chi connectivity index (χ0v) is 35.2. The van der Waals surface area contributed by atoms with Gasteiger partial charge in [-0.15, -0.1) is 0 Å². The average molecular weight is 867 g/mol. The number of fused-ring (bicyclic) bond motifs is 2. The molecule has 3 N–H and O–H groups in total. The maximum atomic E-state index is 14.0. The van der Waals surface area contributed by atoms with Gasteiger partial charge in [0.15, 0.2) is 6.04 Å². The lowest BCUT2D eigenvalue weighted by Gasteiger charge is -2.34. The van der Waals surface area contributed by atoms with Crippen molar-refractivity contribution in [3.8, 4) is 0 Å². The van der Waals surface area contributed by atoms with E-state index in [1.807, 2.05) is 36.4 Å². The summed E-state index contributed by atoms with van der Waals surface area (Å²) in [5.41, 5.74) is 5.02. The van der Waals surface area contributed by atoms with E-state index in [1.54, 1.807) is 70.5 Å². The van der Waals surface area contributed by atoms with Crippen molar-refractivity contribution in [2.24, 2.45) is 4.99 Å². The predicted molar refractivity (Wildman–Crippen MR) is 235 cm³/mol. The van der Waals surface area contributed by atoms with Crippen LogP contribution in [0.25, 0.3) is 22.1 Å². The van der Waals surface area contributed by atoms with Gasteiger partial charge in [-0.25, -0.2) is 19.8 Å². The molecule has 3 saturated heterocycles. The molecule has 4 aromatic carbocycles. The highest BCUT2D eigenvalue weighted by molar-refractivity contribution is 6.13. The minimum atomic E-state index is -0.950. The lowest BCUT2D eigenvalue weighted by Crippen LogP contribution is -2.54. The zero-order valence-electron chi connectivity index (χ0n) is 35.2. The normalized spacial score (nSPS) is 18.9. The summed E-state index contributed by atoms with van der Waals surface area (Å²) in [5.74, 6) is 0.180. The number of aliphatic imine (C=N–C) groups is 1. The Morgan fingerprint density at radius 3 is 1.75 bits per heavy atom. The average Bonchev–Trinajstić information content (AvgIpc) is 4.16. The SMILES string of the molecule is COOC=N[C@H](C(=O)N1CCC[C@H]1c1nc2ccc(N3CC(=O)N(c4ccc5nc([C@@H]6CCCN6C(=O)[C@H](NC(=O)OC)c6ccccc6)[nH]c5c4)CC3=O)cc2[nH]1)c1ccccc1. The van der Waals surface area contributed by atoms with Crippen LogP contribution in [-0.2, 0) is 33.7 Å². The van der Waals surface area contributed by atoms with Crippen molar-refractivity contribution in [1.29, 1.82) is 0 Å². The topological polar surface area (TPSA) is 208 Å². The Bertz CT molecular complexity index is 2740. The van der Waals surface area contributed by atoms with E-state index >= 15 is 0 Å². The second-order valence-electron chi connectivity index (χ2n) is 15.8. The van der Waals surface area contributed by atoms with Crippen LogP contribution in [0.1, 0.15) is 72.6 Å². The van der Waals surface area contributed by atoms with Crippen molar-refractivity contribution in [2.75, 3.05) is 50.2 Å². The highest BCUT2D eigenvalue weighted by atomic mass is 17.2. The first kappa shape index (κ1) is 41.7. The summed E-state index contributed by atoms with van der Waals surface area (Å²) in [6, 6.07) is 26.5. The number of benzene rings is 4. The summed E-state index contributed by atoms with van der Waals surface area (Å²) in [6.45, 7) is 0.637. The monoisotopic (exact) mass is 866 g/mol. The number of nitrogens with one attached hydrogen (secondary N) is 3. The maximum absolute atomic E-state index is 14.0. The van der Waals surface area contributed by atoms with Gasteiger partial charge in [-0.05, 0) is 73.2 Å². The number of anilines is 2. The molecule has 18 nitrogen and oxygen atoms in total. The van der Waals surface area contributed by atoms with Crippen LogP contribution >= 0.6 is 0 Å². The fraction of sp³-hybridized carbons (Fsp3) is 0.304. The van der Waals surface area contributed by atoms with Crippen molar-refractivity contribution >= 4 is 69.6 Å². The highest BCUT2D eigenvalue weighted by Gasteiger charge is 2.39. The third kappa shape index (κ3) is 8.22. The number of rotatable bonds is 12. The number of hydrogen-bond donors (Lipinski definition) is 3. The number of carbonyl (C=O) groups is 5. The fourth-order valence-electron chi connectivity index (χ4n) is 8.89. The molecule has 0 spiro atoms. The molecule has 0 bridgehead atoms. The Hall–Kier alpha value is -7.60. The lowest BCUT2D eigenvalue weighted by atomic mass is 10.1. The summed E-state index contributed by atoms with van der Waals surface area (Å²) >= 11 is 0. The molecule has 0 radical (unpaired) electrons. The Labute approximate surface area is 367 Å². The standard InChI is InChI=1S/C46H46N10O8/c1-62-46(61)52-41(29-13-7-4-8-14-29)45(60)54-22-10-16-37(54)43-49-33-20-18-31(24-35(33)51-43)56-26-38(57)55(25-39(56)58)30-17-19-32-34(23-30)50-42(48-32)36-15-9-21-53(36)44(59)40(47-27-64-63-2)28-11-5-3-6-12-28/h3-8,11-14,17-20,23-24,27,36-37,40-41H,9-10,15-16,21-22,25-26H2,1-2H3,(H,48,50)(H,49,51)(H,52,61)/t36-,37-,40-,41+/m0/s1. The van der Waals surface area contributed by atoms with Gasteiger partial charge < -0.3 is 44.5 Å². The van der Waals surface area contributed by atoms with E-state index in [-0.39, 0.29) is 48.8 Å². The Morgan fingerprint density at radius 1 is 0.719 bits per heavy atom. The van der Waals surface area contributed by atoms with Gasteiger partial charge in [0.2, 0.25) is 18.2 Å². The number of methoxy groups -OCH3 is 1. The van der Waals surface area contributed by atoms with Crippen LogP contribution in [0.2, 0.25) is 0 Å². The Morgan fingerprint density at radius 2 is 1.23 bits per heavy atom. The van der Waals surface area contributed by atoms with Gasteiger partial charge in [0.1, 0.15) is 30.8 Å². The summed E-state index contributed by atoms with van der Waals surface area (Å²) < 4.78 is 4.82. The number of piperazine rings is 1. The van der Waals surface area contributed by atoms with E-state index < -0.39 is 18.2 Å². The predicted octanol–water partition coefficient (Wildman–Crippen LogP) is 5.59. The van der Waals surface area contributed by atoms with Crippen molar-refractivity contribution in [2.45, 2.75) is 49.9 Å². The van der Waals surface area contributed by atoms with Gasteiger partial charge in [0.05, 0.1) is 48.4 Å². The summed E-state index contributed by atoms with van der Waals surface area (Å²) in [7, 11) is 2.61. The number of hydrogen-bond acceptors (Lipinski definition) is 11. The van der Waals surface area contributed by atoms with Crippen LogP contribution in [0.3, 0.4) is 0 Å². The quantitative estimate of drug-likeness (QED) is 0.0601. The highest BCUT2D eigenvalue weighted by Crippen LogP contribution is 2.37. The molecule has 5 heterocycles. The maximum Gasteiger partial charge on any atom is 0.407 e. The molecule has 3 aliphatic heterocycles. The van der Waals surface area contributed by atoms with E-state index in [0.29, 0.717) is 82.1 Å². The number of ether oxygens (including phenoxy) is 1. The van der Waals surface area contributed by atoms with E-state index in [4.69, 9.17) is 19.6 Å². The van der Waals surface area contributed by atoms with Crippen LogP contribution in [0, 0.1) is 0 Å². The summed E-state index contributed by atoms with van der Waals surface area (Å²) in [5, 5.41) is 2.68. The molecule has 2 aromatic heterocycles. The van der Waals surface area contributed by atoms with Crippen LogP contribution < -0.4 is 15.1 Å². The van der Waals surface area contributed by atoms with Crippen LogP contribution in [-0.4, -0.2) is 106 Å². The molecule has 0 aliphatic carbocycles.